The number of hydrogen-bond acceptors (Lipinski definition) is 4. The summed E-state index contributed by atoms with van der Waals surface area (Å²) in [6.07, 6.45) is 6.34. The molecule has 1 saturated heterocycles. The van der Waals surface area contributed by atoms with Gasteiger partial charge < -0.3 is 9.30 Å². The molecule has 136 valence electrons. The Kier molecular flexibility index (Phi) is 2.93. The summed E-state index contributed by atoms with van der Waals surface area (Å²) < 4.78 is 4.04. The van der Waals surface area contributed by atoms with Gasteiger partial charge in [-0.2, -0.15) is 5.10 Å². The first-order valence-corrected chi connectivity index (χ1v) is 9.58. The van der Waals surface area contributed by atoms with Gasteiger partial charge in [0.05, 0.1) is 23.3 Å². The van der Waals surface area contributed by atoms with Crippen LogP contribution in [0.5, 0.6) is 0 Å². The van der Waals surface area contributed by atoms with Gasteiger partial charge in [0.1, 0.15) is 5.65 Å². The summed E-state index contributed by atoms with van der Waals surface area (Å²) in [5.74, 6) is 2.25. The SMILES string of the molecule is Cc1cn2nc(-c3ccc4nc(C5[C@H]6CN(C)C[C@@H]56)cn4c3)cc(C)c2n1. The van der Waals surface area contributed by atoms with Crippen molar-refractivity contribution >= 4 is 11.3 Å². The van der Waals surface area contributed by atoms with Crippen molar-refractivity contribution in [3.63, 3.8) is 0 Å². The van der Waals surface area contributed by atoms with E-state index < -0.39 is 0 Å². The Bertz CT molecular complexity index is 1190. The molecular formula is C21H22N6. The maximum absolute atomic E-state index is 4.90. The van der Waals surface area contributed by atoms with E-state index >= 15 is 0 Å². The largest absolute Gasteiger partial charge is 0.306 e. The first-order valence-electron chi connectivity index (χ1n) is 9.58. The average Bonchev–Trinajstić information content (AvgIpc) is 3.02. The first kappa shape index (κ1) is 15.3. The summed E-state index contributed by atoms with van der Waals surface area (Å²) >= 11 is 0. The van der Waals surface area contributed by atoms with Gasteiger partial charge in [0, 0.05) is 37.0 Å². The number of nitrogens with zero attached hydrogens (tertiary/aromatic N) is 6. The standard InChI is InChI=1S/C21H22N6/c1-12-6-17(24-27-7-13(2)22-21(12)27)14-4-5-19-23-18(11-26(19)8-14)20-15-9-25(3)10-16(15)20/h4-8,11,15-16,20H,9-10H2,1-3H3/t15-,16+,20?. The van der Waals surface area contributed by atoms with Gasteiger partial charge in [-0.15, -0.1) is 0 Å². The highest BCUT2D eigenvalue weighted by Gasteiger charge is 2.56. The fourth-order valence-electron chi connectivity index (χ4n) is 4.89. The highest BCUT2D eigenvalue weighted by atomic mass is 15.3. The van der Waals surface area contributed by atoms with Crippen LogP contribution in [0.25, 0.3) is 22.6 Å². The molecule has 1 aliphatic carbocycles. The van der Waals surface area contributed by atoms with Gasteiger partial charge in [-0.1, -0.05) is 0 Å². The number of likely N-dealkylation sites (tertiary alicyclic amines) is 1. The van der Waals surface area contributed by atoms with Crippen molar-refractivity contribution < 1.29 is 0 Å². The van der Waals surface area contributed by atoms with Gasteiger partial charge in [-0.3, -0.25) is 0 Å². The van der Waals surface area contributed by atoms with Crippen molar-refractivity contribution in [2.75, 3.05) is 20.1 Å². The van der Waals surface area contributed by atoms with Crippen molar-refractivity contribution in [3.05, 3.63) is 53.7 Å². The van der Waals surface area contributed by atoms with E-state index in [2.05, 4.69) is 58.8 Å². The summed E-state index contributed by atoms with van der Waals surface area (Å²) in [4.78, 5) is 11.9. The number of piperidine rings is 1. The van der Waals surface area contributed by atoms with Crippen LogP contribution in [0, 0.1) is 25.7 Å². The molecule has 0 bridgehead atoms. The molecule has 0 spiro atoms. The van der Waals surface area contributed by atoms with Crippen molar-refractivity contribution in [3.8, 4) is 11.3 Å². The third kappa shape index (κ3) is 2.26. The number of rotatable bonds is 2. The molecule has 3 atom stereocenters. The third-order valence-corrected chi connectivity index (χ3v) is 6.21. The maximum Gasteiger partial charge on any atom is 0.156 e. The minimum Gasteiger partial charge on any atom is -0.306 e. The van der Waals surface area contributed by atoms with Crippen LogP contribution in [-0.2, 0) is 0 Å². The summed E-state index contributed by atoms with van der Waals surface area (Å²) in [5, 5.41) is 4.76. The molecule has 6 nitrogen and oxygen atoms in total. The van der Waals surface area contributed by atoms with E-state index in [1.165, 1.54) is 18.8 Å². The lowest BCUT2D eigenvalue weighted by Crippen LogP contribution is -2.18. The molecule has 1 unspecified atom stereocenters. The molecule has 27 heavy (non-hydrogen) atoms. The normalized spacial score (nSPS) is 24.8. The fraction of sp³-hybridized carbons (Fsp3) is 0.381. The Morgan fingerprint density at radius 1 is 1.00 bits per heavy atom. The lowest BCUT2D eigenvalue weighted by Gasteiger charge is -2.11. The Labute approximate surface area is 157 Å². The van der Waals surface area contributed by atoms with Crippen LogP contribution < -0.4 is 0 Å². The first-order chi connectivity index (χ1) is 13.1. The molecule has 5 heterocycles. The smallest absolute Gasteiger partial charge is 0.156 e. The monoisotopic (exact) mass is 358 g/mol. The Morgan fingerprint density at radius 3 is 2.63 bits per heavy atom. The molecule has 1 saturated carbocycles. The summed E-state index contributed by atoms with van der Waals surface area (Å²) in [7, 11) is 2.22. The number of imidazole rings is 2. The predicted molar refractivity (Wildman–Crippen MR) is 104 cm³/mol. The number of fused-ring (bicyclic) bond motifs is 3. The highest BCUT2D eigenvalue weighted by Crippen LogP contribution is 2.57. The van der Waals surface area contributed by atoms with E-state index in [9.17, 15) is 0 Å². The number of aromatic nitrogens is 5. The minimum absolute atomic E-state index is 0.648. The van der Waals surface area contributed by atoms with Crippen LogP contribution in [-0.4, -0.2) is 49.0 Å². The van der Waals surface area contributed by atoms with Crippen molar-refractivity contribution in [1.82, 2.24) is 28.9 Å². The van der Waals surface area contributed by atoms with Crippen LogP contribution in [0.1, 0.15) is 22.9 Å². The van der Waals surface area contributed by atoms with Crippen LogP contribution in [0.4, 0.5) is 0 Å². The third-order valence-electron chi connectivity index (χ3n) is 6.21. The predicted octanol–water partition coefficient (Wildman–Crippen LogP) is 2.94. The molecule has 1 aliphatic heterocycles. The summed E-state index contributed by atoms with van der Waals surface area (Å²) in [5.41, 5.74) is 7.36. The zero-order valence-electron chi connectivity index (χ0n) is 15.8. The Hall–Kier alpha value is -2.73. The molecule has 0 amide bonds. The molecule has 6 rings (SSSR count). The van der Waals surface area contributed by atoms with E-state index in [0.29, 0.717) is 5.92 Å². The zero-order chi connectivity index (χ0) is 18.3. The zero-order valence-corrected chi connectivity index (χ0v) is 15.8. The topological polar surface area (TPSA) is 50.7 Å². The Morgan fingerprint density at radius 2 is 1.81 bits per heavy atom. The lowest BCUT2D eigenvalue weighted by atomic mass is 10.1. The van der Waals surface area contributed by atoms with Crippen molar-refractivity contribution in [2.45, 2.75) is 19.8 Å². The quantitative estimate of drug-likeness (QED) is 0.553. The van der Waals surface area contributed by atoms with Crippen LogP contribution in [0.3, 0.4) is 0 Å². The van der Waals surface area contributed by atoms with E-state index in [4.69, 9.17) is 10.1 Å². The van der Waals surface area contributed by atoms with E-state index in [0.717, 1.165) is 45.6 Å². The molecule has 4 aromatic rings. The number of aryl methyl sites for hydroxylation is 2. The second-order valence-corrected chi connectivity index (χ2v) is 8.29. The molecule has 6 heteroatoms. The van der Waals surface area contributed by atoms with Crippen LogP contribution in [0.2, 0.25) is 0 Å². The summed E-state index contributed by atoms with van der Waals surface area (Å²) in [6, 6.07) is 6.33. The molecule has 2 fully saturated rings. The second kappa shape index (κ2) is 5.16. The van der Waals surface area contributed by atoms with Crippen molar-refractivity contribution in [2.24, 2.45) is 11.8 Å². The van der Waals surface area contributed by atoms with Crippen molar-refractivity contribution in [1.29, 1.82) is 0 Å². The van der Waals surface area contributed by atoms with E-state index in [1.54, 1.807) is 0 Å². The second-order valence-electron chi connectivity index (χ2n) is 8.29. The van der Waals surface area contributed by atoms with Gasteiger partial charge >= 0.3 is 0 Å². The molecule has 0 radical (unpaired) electrons. The fourth-order valence-corrected chi connectivity index (χ4v) is 4.89. The van der Waals surface area contributed by atoms with E-state index in [-0.39, 0.29) is 0 Å². The summed E-state index contributed by atoms with van der Waals surface area (Å²) in [6.45, 7) is 6.51. The Balaban J connectivity index is 1.39. The number of pyridine rings is 1. The van der Waals surface area contributed by atoms with Gasteiger partial charge in [0.25, 0.3) is 0 Å². The average molecular weight is 358 g/mol. The lowest BCUT2D eigenvalue weighted by molar-refractivity contribution is 0.362. The van der Waals surface area contributed by atoms with Gasteiger partial charge in [-0.25, -0.2) is 14.5 Å². The highest BCUT2D eigenvalue weighted by molar-refractivity contribution is 5.64. The van der Waals surface area contributed by atoms with Crippen LogP contribution in [0.15, 0.2) is 36.8 Å². The molecule has 2 aliphatic rings. The maximum atomic E-state index is 4.90. The van der Waals surface area contributed by atoms with Gasteiger partial charge in [0.15, 0.2) is 5.65 Å². The molecular weight excluding hydrogens is 336 g/mol. The van der Waals surface area contributed by atoms with E-state index in [1.807, 2.05) is 17.6 Å². The molecule has 0 N–H and O–H groups in total. The van der Waals surface area contributed by atoms with Gasteiger partial charge in [0.2, 0.25) is 0 Å². The minimum atomic E-state index is 0.648. The number of hydrogen-bond donors (Lipinski definition) is 0. The van der Waals surface area contributed by atoms with Crippen LogP contribution >= 0.6 is 0 Å². The molecule has 0 aromatic carbocycles. The molecule has 4 aromatic heterocycles. The van der Waals surface area contributed by atoms with Gasteiger partial charge in [-0.05, 0) is 56.5 Å².